The second-order valence-corrected chi connectivity index (χ2v) is 9.47. The van der Waals surface area contributed by atoms with E-state index >= 15 is 0 Å². The molecule has 0 aliphatic carbocycles. The van der Waals surface area contributed by atoms with Crippen molar-refractivity contribution in [2.45, 2.75) is 12.1 Å². The number of ether oxygens (including phenoxy) is 1. The van der Waals surface area contributed by atoms with Crippen molar-refractivity contribution in [2.75, 3.05) is 25.5 Å². The molecule has 3 aromatic rings. The largest absolute Gasteiger partial charge is 0.442 e. The van der Waals surface area contributed by atoms with Crippen LogP contribution in [-0.2, 0) is 4.74 Å². The number of carbonyl (C=O) groups excluding carboxylic acids is 2. The number of hydrogen-bond donors (Lipinski definition) is 1. The highest BCUT2D eigenvalue weighted by molar-refractivity contribution is 14.1. The first-order chi connectivity index (χ1) is 14.4. The zero-order chi connectivity index (χ0) is 21.0. The first-order valence-electron chi connectivity index (χ1n) is 9.24. The summed E-state index contributed by atoms with van der Waals surface area (Å²) < 4.78 is 20.6. The molecule has 7 nitrogen and oxygen atoms in total. The molecule has 0 bridgehead atoms. The van der Waals surface area contributed by atoms with Crippen molar-refractivity contribution in [3.8, 4) is 0 Å². The van der Waals surface area contributed by atoms with E-state index in [-0.39, 0.29) is 24.1 Å². The van der Waals surface area contributed by atoms with Gasteiger partial charge in [-0.25, -0.2) is 14.2 Å². The van der Waals surface area contributed by atoms with Crippen LogP contribution in [0, 0.1) is 9.39 Å². The topological polar surface area (TPSA) is 74.8 Å². The Hall–Kier alpha value is -2.47. The van der Waals surface area contributed by atoms with Crippen LogP contribution in [0.1, 0.15) is 10.4 Å². The minimum atomic E-state index is -0.394. The summed E-state index contributed by atoms with van der Waals surface area (Å²) in [4.78, 5) is 33.5. The number of anilines is 2. The maximum atomic E-state index is 14.4. The highest BCUT2D eigenvalue weighted by Crippen LogP contribution is 2.39. The molecule has 2 aromatic heterocycles. The number of thiophene rings is 1. The average Bonchev–Trinajstić information content (AvgIpc) is 3.36. The van der Waals surface area contributed by atoms with E-state index in [1.807, 2.05) is 28.7 Å². The van der Waals surface area contributed by atoms with Gasteiger partial charge in [0.2, 0.25) is 0 Å². The zero-order valence-corrected chi connectivity index (χ0v) is 18.7. The summed E-state index contributed by atoms with van der Waals surface area (Å²) in [7, 11) is 1.68. The second-order valence-electron chi connectivity index (χ2n) is 7.22. The lowest BCUT2D eigenvalue weighted by Crippen LogP contribution is -2.36. The number of nitrogens with one attached hydrogen (secondary N) is 1. The molecule has 154 valence electrons. The summed E-state index contributed by atoms with van der Waals surface area (Å²) >= 11 is 3.35. The number of nitrogens with zero attached hydrogens (tertiary/aromatic N) is 3. The van der Waals surface area contributed by atoms with Crippen molar-refractivity contribution in [1.82, 2.24) is 14.8 Å². The summed E-state index contributed by atoms with van der Waals surface area (Å²) in [6, 6.07) is 8.33. The molecule has 1 N–H and O–H groups in total. The number of halogens is 2. The summed E-state index contributed by atoms with van der Waals surface area (Å²) in [6.45, 7) is 0.717. The quantitative estimate of drug-likeness (QED) is 0.510. The van der Waals surface area contributed by atoms with Gasteiger partial charge in [0.25, 0.3) is 5.91 Å². The van der Waals surface area contributed by atoms with E-state index in [1.165, 1.54) is 22.3 Å². The maximum absolute atomic E-state index is 14.4. The Morgan fingerprint density at radius 2 is 2.20 bits per heavy atom. The monoisotopic (exact) mass is 538 g/mol. The smallest absolute Gasteiger partial charge is 0.410 e. The second kappa shape index (κ2) is 7.34. The van der Waals surface area contributed by atoms with E-state index < -0.39 is 5.82 Å². The Balaban J connectivity index is 1.51. The number of pyridine rings is 1. The molecule has 2 fully saturated rings. The van der Waals surface area contributed by atoms with Gasteiger partial charge in [0, 0.05) is 28.7 Å². The fourth-order valence-corrected chi connectivity index (χ4v) is 5.36. The first-order valence-corrected chi connectivity index (χ1v) is 11.1. The summed E-state index contributed by atoms with van der Waals surface area (Å²) in [6.07, 6.45) is 0.968. The number of amides is 2. The Morgan fingerprint density at radius 1 is 1.37 bits per heavy atom. The van der Waals surface area contributed by atoms with Gasteiger partial charge in [-0.1, -0.05) is 11.3 Å². The molecule has 2 aliphatic rings. The van der Waals surface area contributed by atoms with E-state index in [0.717, 1.165) is 3.57 Å². The molecule has 0 radical (unpaired) electrons. The van der Waals surface area contributed by atoms with Crippen LogP contribution in [-0.4, -0.2) is 59.1 Å². The number of aromatic nitrogens is 1. The van der Waals surface area contributed by atoms with Crippen LogP contribution in [0.4, 0.5) is 19.9 Å². The van der Waals surface area contributed by atoms with Crippen molar-refractivity contribution in [3.05, 3.63) is 51.5 Å². The van der Waals surface area contributed by atoms with Crippen molar-refractivity contribution >= 4 is 66.8 Å². The maximum Gasteiger partial charge on any atom is 0.410 e. The molecule has 5 rings (SSSR count). The third-order valence-corrected chi connectivity index (χ3v) is 7.12. The molecule has 0 saturated carbocycles. The lowest BCUT2D eigenvalue weighted by Gasteiger charge is -2.20. The van der Waals surface area contributed by atoms with Gasteiger partial charge < -0.3 is 19.9 Å². The molecule has 1 aromatic carbocycles. The van der Waals surface area contributed by atoms with Gasteiger partial charge in [-0.15, -0.1) is 0 Å². The molecule has 2 atom stereocenters. The van der Waals surface area contributed by atoms with Gasteiger partial charge in [0.05, 0.1) is 23.8 Å². The van der Waals surface area contributed by atoms with E-state index in [0.29, 0.717) is 39.6 Å². The van der Waals surface area contributed by atoms with Gasteiger partial charge in [-0.3, -0.25) is 4.79 Å². The molecule has 2 unspecified atom stereocenters. The molecule has 2 amide bonds. The number of hydrogen-bond acceptors (Lipinski definition) is 6. The number of rotatable bonds is 3. The number of carbonyl (C=O) groups is 2. The van der Waals surface area contributed by atoms with Gasteiger partial charge in [0.15, 0.2) is 0 Å². The van der Waals surface area contributed by atoms with Gasteiger partial charge >= 0.3 is 6.09 Å². The lowest BCUT2D eigenvalue weighted by atomic mass is 10.1. The number of benzene rings is 1. The van der Waals surface area contributed by atoms with Crippen LogP contribution < -0.4 is 5.32 Å². The zero-order valence-electron chi connectivity index (χ0n) is 15.8. The molecule has 4 heterocycles. The molecule has 2 aliphatic heterocycles. The predicted octanol–water partition coefficient (Wildman–Crippen LogP) is 4.06. The molecule has 0 spiro atoms. The highest BCUT2D eigenvalue weighted by Gasteiger charge is 2.47. The van der Waals surface area contributed by atoms with Gasteiger partial charge in [-0.2, -0.15) is 0 Å². The van der Waals surface area contributed by atoms with E-state index in [2.05, 4.69) is 10.3 Å². The van der Waals surface area contributed by atoms with Gasteiger partial charge in [0.1, 0.15) is 21.8 Å². The fraction of sp³-hybridized carbons (Fsp3) is 0.250. The Kier molecular flexibility index (Phi) is 4.77. The minimum absolute atomic E-state index is 0.158. The molecule has 2 saturated heterocycles. The Bertz CT molecular complexity index is 1190. The van der Waals surface area contributed by atoms with Crippen molar-refractivity contribution in [1.29, 1.82) is 0 Å². The van der Waals surface area contributed by atoms with Crippen LogP contribution in [0.15, 0.2) is 36.5 Å². The lowest BCUT2D eigenvalue weighted by molar-refractivity contribution is 0.0736. The minimum Gasteiger partial charge on any atom is -0.442 e. The van der Waals surface area contributed by atoms with E-state index in [1.54, 1.807) is 36.3 Å². The first kappa shape index (κ1) is 19.5. The van der Waals surface area contributed by atoms with E-state index in [4.69, 9.17) is 4.74 Å². The predicted molar refractivity (Wildman–Crippen MR) is 120 cm³/mol. The molecule has 10 heteroatoms. The van der Waals surface area contributed by atoms with Crippen molar-refractivity contribution in [3.63, 3.8) is 0 Å². The number of likely N-dealkylation sites (N-methyl/N-ethyl adjacent to an activating group) is 1. The van der Waals surface area contributed by atoms with Gasteiger partial charge in [-0.05, 0) is 52.9 Å². The number of fused-ring (bicyclic) bond motifs is 2. The third-order valence-electron chi connectivity index (χ3n) is 5.42. The van der Waals surface area contributed by atoms with Crippen molar-refractivity contribution in [2.24, 2.45) is 0 Å². The number of likely N-dealkylation sites (tertiary alicyclic amines) is 1. The third kappa shape index (κ3) is 3.18. The standard InChI is InChI=1S/C20H16FIN4O3S/c1-25-14-8-26(9-15(14)29-20(25)28)19(27)16-11-3-2-6-23-17(11)30-18(16)24-13-5-4-10(22)7-12(13)21/h2-7,14-15,24H,8-9H2,1H3. The molecular weight excluding hydrogens is 522 g/mol. The van der Waals surface area contributed by atoms with Crippen LogP contribution in [0.25, 0.3) is 10.2 Å². The van der Waals surface area contributed by atoms with Crippen LogP contribution in [0.3, 0.4) is 0 Å². The Labute approximate surface area is 189 Å². The van der Waals surface area contributed by atoms with Crippen LogP contribution in [0.5, 0.6) is 0 Å². The normalized spacial score (nSPS) is 20.6. The molecular formula is C20H16FIN4O3S. The van der Waals surface area contributed by atoms with Crippen LogP contribution in [0.2, 0.25) is 0 Å². The summed E-state index contributed by atoms with van der Waals surface area (Å²) in [5, 5.41) is 4.33. The SMILES string of the molecule is CN1C(=O)OC2CN(C(=O)c3c(Nc4ccc(I)cc4F)sc4ncccc34)CC21. The fourth-order valence-electron chi connectivity index (χ4n) is 3.86. The van der Waals surface area contributed by atoms with E-state index in [9.17, 15) is 14.0 Å². The highest BCUT2D eigenvalue weighted by atomic mass is 127. The van der Waals surface area contributed by atoms with Crippen molar-refractivity contribution < 1.29 is 18.7 Å². The molecule has 30 heavy (non-hydrogen) atoms. The average molecular weight is 538 g/mol. The van der Waals surface area contributed by atoms with Crippen LogP contribution >= 0.6 is 33.9 Å². The summed E-state index contributed by atoms with van der Waals surface area (Å²) in [5.74, 6) is -0.587. The Morgan fingerprint density at radius 3 is 2.97 bits per heavy atom. The summed E-state index contributed by atoms with van der Waals surface area (Å²) in [5.41, 5.74) is 0.748.